The molecule has 3 rings (SSSR count). The summed E-state index contributed by atoms with van der Waals surface area (Å²) in [6.45, 7) is 2.35. The normalized spacial score (nSPS) is 10.9. The highest BCUT2D eigenvalue weighted by Crippen LogP contribution is 2.13. The van der Waals surface area contributed by atoms with Crippen LogP contribution in [0.15, 0.2) is 60.9 Å². The number of hydrogen-bond acceptors (Lipinski definition) is 3. The molecule has 1 amide bonds. The smallest absolute Gasteiger partial charge is 0.224 e. The Kier molecular flexibility index (Phi) is 5.80. The van der Waals surface area contributed by atoms with Crippen LogP contribution in [0.5, 0.6) is 0 Å². The van der Waals surface area contributed by atoms with Crippen molar-refractivity contribution < 1.29 is 9.53 Å². The lowest BCUT2D eigenvalue weighted by molar-refractivity contribution is -0.132. The maximum Gasteiger partial charge on any atom is 0.224 e. The van der Waals surface area contributed by atoms with Crippen LogP contribution in [0.25, 0.3) is 11.0 Å². The molecule has 25 heavy (non-hydrogen) atoms. The zero-order valence-electron chi connectivity index (χ0n) is 14.5. The predicted octanol–water partition coefficient (Wildman–Crippen LogP) is 3.10. The van der Waals surface area contributed by atoms with Crippen molar-refractivity contribution in [3.05, 3.63) is 66.5 Å². The van der Waals surface area contributed by atoms with Gasteiger partial charge in [0.2, 0.25) is 5.91 Å². The van der Waals surface area contributed by atoms with Gasteiger partial charge in [0.05, 0.1) is 24.0 Å². The lowest BCUT2D eigenvalue weighted by atomic mass is 10.2. The van der Waals surface area contributed by atoms with Gasteiger partial charge in [0, 0.05) is 33.2 Å². The second-order valence-corrected chi connectivity index (χ2v) is 5.97. The summed E-state index contributed by atoms with van der Waals surface area (Å²) < 4.78 is 7.19. The molecule has 0 aliphatic heterocycles. The van der Waals surface area contributed by atoms with Crippen molar-refractivity contribution in [2.45, 2.75) is 19.5 Å². The molecule has 3 aromatic rings. The van der Waals surface area contributed by atoms with Crippen molar-refractivity contribution in [3.63, 3.8) is 0 Å². The number of aromatic nitrogens is 2. The summed E-state index contributed by atoms with van der Waals surface area (Å²) in [6.07, 6.45) is 2.24. The molecule has 2 aromatic carbocycles. The molecular formula is C20H23N3O2. The van der Waals surface area contributed by atoms with E-state index in [4.69, 9.17) is 4.74 Å². The summed E-state index contributed by atoms with van der Waals surface area (Å²) in [5.41, 5.74) is 3.14. The summed E-state index contributed by atoms with van der Waals surface area (Å²) in [4.78, 5) is 19.0. The van der Waals surface area contributed by atoms with Gasteiger partial charge < -0.3 is 14.2 Å². The number of carbonyl (C=O) groups excluding carboxylic acids is 1. The number of methoxy groups -OCH3 is 1. The maximum atomic E-state index is 12.7. The molecule has 0 bridgehead atoms. The van der Waals surface area contributed by atoms with E-state index >= 15 is 0 Å². The molecule has 5 heteroatoms. The van der Waals surface area contributed by atoms with Gasteiger partial charge in [-0.25, -0.2) is 4.98 Å². The first-order valence-electron chi connectivity index (χ1n) is 8.48. The van der Waals surface area contributed by atoms with Gasteiger partial charge in [-0.3, -0.25) is 4.79 Å². The zero-order chi connectivity index (χ0) is 17.5. The monoisotopic (exact) mass is 337 g/mol. The van der Waals surface area contributed by atoms with Gasteiger partial charge in [0.1, 0.15) is 0 Å². The number of nitrogens with zero attached hydrogens (tertiary/aromatic N) is 3. The third kappa shape index (κ3) is 4.45. The fraction of sp³-hybridized carbons (Fsp3) is 0.300. The van der Waals surface area contributed by atoms with Crippen LogP contribution in [0.4, 0.5) is 0 Å². The van der Waals surface area contributed by atoms with Crippen molar-refractivity contribution in [1.82, 2.24) is 14.5 Å². The Hall–Kier alpha value is -2.66. The van der Waals surface area contributed by atoms with Gasteiger partial charge in [-0.1, -0.05) is 42.5 Å². The second kappa shape index (κ2) is 8.44. The van der Waals surface area contributed by atoms with Crippen LogP contribution < -0.4 is 0 Å². The Bertz CT molecular complexity index is 814. The Labute approximate surface area is 147 Å². The molecule has 1 aromatic heterocycles. The summed E-state index contributed by atoms with van der Waals surface area (Å²) in [7, 11) is 1.66. The van der Waals surface area contributed by atoms with Crippen molar-refractivity contribution >= 4 is 16.9 Å². The molecule has 130 valence electrons. The molecule has 0 spiro atoms. The first-order chi connectivity index (χ1) is 12.3. The second-order valence-electron chi connectivity index (χ2n) is 5.97. The van der Waals surface area contributed by atoms with Crippen LogP contribution in [0, 0.1) is 0 Å². The van der Waals surface area contributed by atoms with E-state index in [1.807, 2.05) is 64.1 Å². The van der Waals surface area contributed by atoms with E-state index in [1.54, 1.807) is 13.4 Å². The molecule has 5 nitrogen and oxygen atoms in total. The van der Waals surface area contributed by atoms with Crippen LogP contribution >= 0.6 is 0 Å². The van der Waals surface area contributed by atoms with E-state index < -0.39 is 0 Å². The fourth-order valence-corrected chi connectivity index (χ4v) is 2.86. The van der Waals surface area contributed by atoms with Crippen molar-refractivity contribution in [3.8, 4) is 0 Å². The van der Waals surface area contributed by atoms with Crippen LogP contribution in [-0.4, -0.2) is 40.6 Å². The number of para-hydroxylation sites is 2. The number of ether oxygens (including phenoxy) is 1. The van der Waals surface area contributed by atoms with Gasteiger partial charge in [-0.15, -0.1) is 0 Å². The summed E-state index contributed by atoms with van der Waals surface area (Å²) >= 11 is 0. The average Bonchev–Trinajstić information content (AvgIpc) is 3.07. The molecule has 0 radical (unpaired) electrons. The predicted molar refractivity (Wildman–Crippen MR) is 98.1 cm³/mol. The molecule has 0 saturated heterocycles. The minimum Gasteiger partial charge on any atom is -0.383 e. The summed E-state index contributed by atoms with van der Waals surface area (Å²) in [5.74, 6) is 0.124. The number of imidazole rings is 1. The minimum atomic E-state index is 0.124. The minimum absolute atomic E-state index is 0.124. The highest BCUT2D eigenvalue weighted by atomic mass is 16.5. The standard InChI is InChI=1S/C20H23N3O2/c1-25-14-13-22(15-17-7-3-2-4-8-17)20(24)11-12-23-16-21-18-9-5-6-10-19(18)23/h2-10,16H,11-15H2,1H3. The van der Waals surface area contributed by atoms with E-state index in [-0.39, 0.29) is 5.91 Å². The quantitative estimate of drug-likeness (QED) is 0.634. The third-order valence-electron chi connectivity index (χ3n) is 4.23. The van der Waals surface area contributed by atoms with Crippen molar-refractivity contribution in [1.29, 1.82) is 0 Å². The number of rotatable bonds is 8. The van der Waals surface area contributed by atoms with Crippen LogP contribution in [0.3, 0.4) is 0 Å². The van der Waals surface area contributed by atoms with Crippen LogP contribution in [-0.2, 0) is 22.6 Å². The Morgan fingerprint density at radius 2 is 1.88 bits per heavy atom. The molecule has 0 unspecified atom stereocenters. The van der Waals surface area contributed by atoms with Crippen molar-refractivity contribution in [2.24, 2.45) is 0 Å². The Balaban J connectivity index is 1.65. The first kappa shape index (κ1) is 17.2. The molecule has 0 N–H and O–H groups in total. The van der Waals surface area contributed by atoms with E-state index in [1.165, 1.54) is 0 Å². The number of hydrogen-bond donors (Lipinski definition) is 0. The number of fused-ring (bicyclic) bond motifs is 1. The molecule has 0 saturated carbocycles. The highest BCUT2D eigenvalue weighted by Gasteiger charge is 2.14. The van der Waals surface area contributed by atoms with E-state index in [0.29, 0.717) is 32.7 Å². The first-order valence-corrected chi connectivity index (χ1v) is 8.48. The Morgan fingerprint density at radius 3 is 2.68 bits per heavy atom. The molecule has 0 fully saturated rings. The maximum absolute atomic E-state index is 12.7. The molecule has 0 aliphatic rings. The summed E-state index contributed by atoms with van der Waals surface area (Å²) in [5, 5.41) is 0. The number of carbonyl (C=O) groups is 1. The van der Waals surface area contributed by atoms with Gasteiger partial charge in [0.25, 0.3) is 0 Å². The largest absolute Gasteiger partial charge is 0.383 e. The molecule has 0 aliphatic carbocycles. The third-order valence-corrected chi connectivity index (χ3v) is 4.23. The summed E-state index contributed by atoms with van der Waals surface area (Å²) in [6, 6.07) is 18.0. The van der Waals surface area contributed by atoms with Gasteiger partial charge in [-0.2, -0.15) is 0 Å². The zero-order valence-corrected chi connectivity index (χ0v) is 14.5. The number of amides is 1. The van der Waals surface area contributed by atoms with Crippen LogP contribution in [0.1, 0.15) is 12.0 Å². The van der Waals surface area contributed by atoms with Gasteiger partial charge in [-0.05, 0) is 17.7 Å². The lowest BCUT2D eigenvalue weighted by Gasteiger charge is -2.23. The SMILES string of the molecule is COCCN(Cc1ccccc1)C(=O)CCn1cnc2ccccc21. The molecular weight excluding hydrogens is 314 g/mol. The van der Waals surface area contributed by atoms with Crippen LogP contribution in [0.2, 0.25) is 0 Å². The van der Waals surface area contributed by atoms with E-state index in [0.717, 1.165) is 16.6 Å². The van der Waals surface area contributed by atoms with Gasteiger partial charge in [0.15, 0.2) is 0 Å². The van der Waals surface area contributed by atoms with Gasteiger partial charge >= 0.3 is 0 Å². The fourth-order valence-electron chi connectivity index (χ4n) is 2.86. The molecule has 0 atom stereocenters. The Morgan fingerprint density at radius 1 is 1.12 bits per heavy atom. The lowest BCUT2D eigenvalue weighted by Crippen LogP contribution is -2.34. The van der Waals surface area contributed by atoms with Crippen molar-refractivity contribution in [2.75, 3.05) is 20.3 Å². The van der Waals surface area contributed by atoms with E-state index in [9.17, 15) is 4.79 Å². The van der Waals surface area contributed by atoms with E-state index in [2.05, 4.69) is 4.98 Å². The average molecular weight is 337 g/mol. The topological polar surface area (TPSA) is 47.4 Å². The molecule has 1 heterocycles. The number of aryl methyl sites for hydroxylation is 1. The highest BCUT2D eigenvalue weighted by molar-refractivity contribution is 5.77. The number of benzene rings is 2.